The van der Waals surface area contributed by atoms with Crippen LogP contribution in [0.25, 0.3) is 0 Å². The maximum atomic E-state index is 12.0. The van der Waals surface area contributed by atoms with Gasteiger partial charge in [0.25, 0.3) is 0 Å². The second-order valence-corrected chi connectivity index (χ2v) is 5.62. The Morgan fingerprint density at radius 2 is 2.00 bits per heavy atom. The molecule has 2 rings (SSSR count). The van der Waals surface area contributed by atoms with Crippen LogP contribution in [-0.4, -0.2) is 12.5 Å². The molecule has 0 saturated carbocycles. The van der Waals surface area contributed by atoms with Gasteiger partial charge in [-0.15, -0.1) is 11.3 Å². The summed E-state index contributed by atoms with van der Waals surface area (Å²) in [5.41, 5.74) is 0.964. The van der Waals surface area contributed by atoms with Crippen molar-refractivity contribution in [2.75, 3.05) is 11.9 Å². The molecule has 1 heterocycles. The Kier molecular flexibility index (Phi) is 5.62. The molecule has 2 aromatic rings. The predicted octanol–water partition coefficient (Wildman–Crippen LogP) is 3.82. The van der Waals surface area contributed by atoms with Gasteiger partial charge in [0.05, 0.1) is 12.6 Å². The number of rotatable bonds is 7. The summed E-state index contributed by atoms with van der Waals surface area (Å²) in [5, 5.41) is 8.28. The van der Waals surface area contributed by atoms with Gasteiger partial charge in [0.1, 0.15) is 0 Å². The van der Waals surface area contributed by atoms with E-state index < -0.39 is 0 Å². The summed E-state index contributed by atoms with van der Waals surface area (Å²) in [7, 11) is 0. The summed E-state index contributed by atoms with van der Waals surface area (Å²) in [6, 6.07) is 14.0. The van der Waals surface area contributed by atoms with Crippen LogP contribution in [0.15, 0.2) is 47.8 Å². The lowest BCUT2D eigenvalue weighted by Gasteiger charge is -2.17. The van der Waals surface area contributed by atoms with Crippen molar-refractivity contribution in [1.29, 1.82) is 0 Å². The van der Waals surface area contributed by atoms with Gasteiger partial charge in [-0.2, -0.15) is 0 Å². The number of benzene rings is 1. The SMILES string of the molecule is CCCC(NC(=O)CNc1ccccc1)c1cccs1. The van der Waals surface area contributed by atoms with Gasteiger partial charge < -0.3 is 10.6 Å². The molecule has 1 atom stereocenters. The van der Waals surface area contributed by atoms with Gasteiger partial charge >= 0.3 is 0 Å². The predicted molar refractivity (Wildman–Crippen MR) is 85.0 cm³/mol. The van der Waals surface area contributed by atoms with Crippen LogP contribution < -0.4 is 10.6 Å². The Morgan fingerprint density at radius 1 is 1.20 bits per heavy atom. The monoisotopic (exact) mass is 288 g/mol. The van der Waals surface area contributed by atoms with Gasteiger partial charge in [0.15, 0.2) is 0 Å². The number of hydrogen-bond acceptors (Lipinski definition) is 3. The topological polar surface area (TPSA) is 41.1 Å². The zero-order valence-electron chi connectivity index (χ0n) is 11.6. The third-order valence-electron chi connectivity index (χ3n) is 3.03. The highest BCUT2D eigenvalue weighted by atomic mass is 32.1. The van der Waals surface area contributed by atoms with Crippen LogP contribution in [0.1, 0.15) is 30.7 Å². The van der Waals surface area contributed by atoms with Crippen molar-refractivity contribution in [3.8, 4) is 0 Å². The maximum absolute atomic E-state index is 12.0. The molecule has 4 heteroatoms. The lowest BCUT2D eigenvalue weighted by atomic mass is 10.1. The lowest BCUT2D eigenvalue weighted by Crippen LogP contribution is -2.33. The highest BCUT2D eigenvalue weighted by molar-refractivity contribution is 7.10. The third-order valence-corrected chi connectivity index (χ3v) is 4.01. The number of nitrogens with one attached hydrogen (secondary N) is 2. The van der Waals surface area contributed by atoms with E-state index in [2.05, 4.69) is 23.6 Å². The normalized spacial score (nSPS) is 11.8. The minimum atomic E-state index is 0.0284. The Bertz CT molecular complexity index is 511. The molecule has 0 bridgehead atoms. The van der Waals surface area contributed by atoms with E-state index in [9.17, 15) is 4.79 Å². The number of thiophene rings is 1. The van der Waals surface area contributed by atoms with Crippen LogP contribution in [0, 0.1) is 0 Å². The highest BCUT2D eigenvalue weighted by Crippen LogP contribution is 2.23. The second-order valence-electron chi connectivity index (χ2n) is 4.64. The molecule has 0 aliphatic rings. The molecule has 0 fully saturated rings. The standard InChI is InChI=1S/C16H20N2OS/c1-2-7-14(15-10-6-11-20-15)18-16(19)12-17-13-8-4-3-5-9-13/h3-6,8-11,14,17H,2,7,12H2,1H3,(H,18,19). The van der Waals surface area contributed by atoms with Gasteiger partial charge in [-0.25, -0.2) is 0 Å². The average molecular weight is 288 g/mol. The molecule has 0 saturated heterocycles. The van der Waals surface area contributed by atoms with Crippen LogP contribution >= 0.6 is 11.3 Å². The van der Waals surface area contributed by atoms with Crippen LogP contribution in [0.2, 0.25) is 0 Å². The minimum absolute atomic E-state index is 0.0284. The molecule has 0 radical (unpaired) electrons. The van der Waals surface area contributed by atoms with E-state index in [1.54, 1.807) is 11.3 Å². The zero-order chi connectivity index (χ0) is 14.2. The summed E-state index contributed by atoms with van der Waals surface area (Å²) in [4.78, 5) is 13.2. The molecule has 1 aromatic heterocycles. The smallest absolute Gasteiger partial charge is 0.239 e. The van der Waals surface area contributed by atoms with E-state index in [0.29, 0.717) is 6.54 Å². The van der Waals surface area contributed by atoms with Crippen molar-refractivity contribution >= 4 is 22.9 Å². The van der Waals surface area contributed by atoms with Gasteiger partial charge in [-0.3, -0.25) is 4.79 Å². The number of carbonyl (C=O) groups excluding carboxylic acids is 1. The fraction of sp³-hybridized carbons (Fsp3) is 0.312. The van der Waals surface area contributed by atoms with Gasteiger partial charge in [-0.05, 0) is 30.0 Å². The van der Waals surface area contributed by atoms with Crippen molar-refractivity contribution in [3.05, 3.63) is 52.7 Å². The van der Waals surface area contributed by atoms with Crippen LogP contribution in [0.4, 0.5) is 5.69 Å². The zero-order valence-corrected chi connectivity index (χ0v) is 12.5. The van der Waals surface area contributed by atoms with E-state index in [0.717, 1.165) is 18.5 Å². The van der Waals surface area contributed by atoms with Crippen LogP contribution in [-0.2, 0) is 4.79 Å². The maximum Gasteiger partial charge on any atom is 0.239 e. The molecule has 0 aliphatic carbocycles. The highest BCUT2D eigenvalue weighted by Gasteiger charge is 2.14. The lowest BCUT2D eigenvalue weighted by molar-refractivity contribution is -0.120. The molecule has 1 aromatic carbocycles. The van der Waals surface area contributed by atoms with Gasteiger partial charge in [0, 0.05) is 10.6 Å². The van der Waals surface area contributed by atoms with E-state index in [1.807, 2.05) is 41.8 Å². The summed E-state index contributed by atoms with van der Waals surface area (Å²) in [5.74, 6) is 0.0284. The fourth-order valence-corrected chi connectivity index (χ4v) is 2.86. The second kappa shape index (κ2) is 7.70. The largest absolute Gasteiger partial charge is 0.376 e. The van der Waals surface area contributed by atoms with Crippen LogP contribution in [0.5, 0.6) is 0 Å². The summed E-state index contributed by atoms with van der Waals surface area (Å²) in [6.45, 7) is 2.44. The summed E-state index contributed by atoms with van der Waals surface area (Å²) < 4.78 is 0. The Morgan fingerprint density at radius 3 is 2.65 bits per heavy atom. The first-order chi connectivity index (χ1) is 9.79. The summed E-state index contributed by atoms with van der Waals surface area (Å²) in [6.07, 6.45) is 2.02. The molecular formula is C16H20N2OS. The van der Waals surface area contributed by atoms with Gasteiger partial charge in [0.2, 0.25) is 5.91 Å². The molecule has 20 heavy (non-hydrogen) atoms. The number of para-hydroxylation sites is 1. The molecule has 3 nitrogen and oxygen atoms in total. The van der Waals surface area contributed by atoms with E-state index >= 15 is 0 Å². The molecule has 106 valence electrons. The fourth-order valence-electron chi connectivity index (χ4n) is 2.05. The molecular weight excluding hydrogens is 268 g/mol. The molecule has 1 unspecified atom stereocenters. The first-order valence-electron chi connectivity index (χ1n) is 6.91. The third kappa shape index (κ3) is 4.38. The Balaban J connectivity index is 1.86. The average Bonchev–Trinajstić information content (AvgIpc) is 3.00. The number of amides is 1. The first kappa shape index (κ1) is 14.6. The number of hydrogen-bond donors (Lipinski definition) is 2. The van der Waals surface area contributed by atoms with Crippen molar-refractivity contribution < 1.29 is 4.79 Å². The molecule has 2 N–H and O–H groups in total. The molecule has 0 spiro atoms. The van der Waals surface area contributed by atoms with E-state index in [-0.39, 0.29) is 11.9 Å². The minimum Gasteiger partial charge on any atom is -0.376 e. The molecule has 1 amide bonds. The van der Waals surface area contributed by atoms with E-state index in [4.69, 9.17) is 0 Å². The van der Waals surface area contributed by atoms with Crippen molar-refractivity contribution in [2.24, 2.45) is 0 Å². The molecule has 0 aliphatic heterocycles. The summed E-state index contributed by atoms with van der Waals surface area (Å²) >= 11 is 1.69. The van der Waals surface area contributed by atoms with Crippen molar-refractivity contribution in [1.82, 2.24) is 5.32 Å². The van der Waals surface area contributed by atoms with E-state index in [1.165, 1.54) is 4.88 Å². The number of carbonyl (C=O) groups is 1. The quantitative estimate of drug-likeness (QED) is 0.813. The van der Waals surface area contributed by atoms with Crippen LogP contribution in [0.3, 0.4) is 0 Å². The van der Waals surface area contributed by atoms with Gasteiger partial charge in [-0.1, -0.05) is 37.6 Å². The Labute approximate surface area is 124 Å². The Hall–Kier alpha value is -1.81. The number of anilines is 1. The van der Waals surface area contributed by atoms with Crippen molar-refractivity contribution in [3.63, 3.8) is 0 Å². The first-order valence-corrected chi connectivity index (χ1v) is 7.79. The van der Waals surface area contributed by atoms with Crippen molar-refractivity contribution in [2.45, 2.75) is 25.8 Å².